The maximum absolute atomic E-state index is 5.97. The van der Waals surface area contributed by atoms with Crippen molar-refractivity contribution < 1.29 is 4.74 Å². The molecule has 0 saturated carbocycles. The molecule has 2 aromatic rings. The fourth-order valence-electron chi connectivity index (χ4n) is 1.31. The largest absolute Gasteiger partial charge is 0.454 e. The van der Waals surface area contributed by atoms with Crippen LogP contribution in [0.25, 0.3) is 0 Å². The first-order valence-electron chi connectivity index (χ1n) is 4.86. The molecule has 0 aromatic heterocycles. The molecular weight excluding hydrogens is 640 g/mol. The molecule has 0 radical (unpaired) electrons. The molecule has 0 N–H and O–H groups in total. The van der Waals surface area contributed by atoms with Crippen LogP contribution in [0.5, 0.6) is 11.5 Å². The molecule has 0 heterocycles. The van der Waals surface area contributed by atoms with Gasteiger partial charge in [0.15, 0.2) is 5.75 Å². The molecule has 0 bridgehead atoms. The highest BCUT2D eigenvalue weighted by molar-refractivity contribution is 9.14. The quantitative estimate of drug-likeness (QED) is 0.301. The van der Waals surface area contributed by atoms with Crippen molar-refractivity contribution in [3.05, 3.63) is 51.1 Å². The van der Waals surface area contributed by atoms with Crippen molar-refractivity contribution in [2.45, 2.75) is 0 Å². The van der Waals surface area contributed by atoms with Gasteiger partial charge in [0.1, 0.15) is 5.75 Å². The van der Waals surface area contributed by atoms with E-state index < -0.39 is 0 Å². The topological polar surface area (TPSA) is 9.23 Å². The minimum Gasteiger partial charge on any atom is -0.454 e. The lowest BCUT2D eigenvalue weighted by atomic mass is 10.3. The van der Waals surface area contributed by atoms with E-state index in [2.05, 4.69) is 95.6 Å². The number of rotatable bonds is 2. The molecule has 0 amide bonds. The molecule has 0 fully saturated rings. The first kappa shape index (κ1) is 16.5. The lowest BCUT2D eigenvalue weighted by Gasteiger charge is -2.13. The SMILES string of the molecule is Brc1ccc(Oc2c(Br)c(Br)cc(Br)c2Br)c(Br)c1. The van der Waals surface area contributed by atoms with Crippen LogP contribution in [-0.2, 0) is 0 Å². The van der Waals surface area contributed by atoms with Crippen LogP contribution in [0.3, 0.4) is 0 Å². The first-order chi connectivity index (χ1) is 8.90. The minimum atomic E-state index is 0.698. The van der Waals surface area contributed by atoms with Gasteiger partial charge < -0.3 is 4.74 Å². The summed E-state index contributed by atoms with van der Waals surface area (Å²) in [5, 5.41) is 0. The van der Waals surface area contributed by atoms with E-state index in [1.165, 1.54) is 0 Å². The Balaban J connectivity index is 2.49. The van der Waals surface area contributed by atoms with Crippen molar-refractivity contribution in [1.29, 1.82) is 0 Å². The average molecular weight is 644 g/mol. The molecule has 0 aliphatic rings. The lowest BCUT2D eigenvalue weighted by Crippen LogP contribution is -1.90. The summed E-state index contributed by atoms with van der Waals surface area (Å²) in [4.78, 5) is 0. The molecule has 2 rings (SSSR count). The van der Waals surface area contributed by atoms with E-state index in [0.717, 1.165) is 32.6 Å². The monoisotopic (exact) mass is 638 g/mol. The smallest absolute Gasteiger partial charge is 0.158 e. The highest BCUT2D eigenvalue weighted by Crippen LogP contribution is 2.46. The molecule has 0 spiro atoms. The Hall–Kier alpha value is 1.12. The maximum Gasteiger partial charge on any atom is 0.158 e. The van der Waals surface area contributed by atoms with Crippen molar-refractivity contribution in [1.82, 2.24) is 0 Å². The standard InChI is InChI=1S/C12H4Br6O/c13-5-1-2-9(6(14)3-5)19-12-10(17)7(15)4-8(16)11(12)18/h1-4H. The fourth-order valence-corrected chi connectivity index (χ4v) is 4.62. The van der Waals surface area contributed by atoms with Crippen LogP contribution >= 0.6 is 95.6 Å². The van der Waals surface area contributed by atoms with Crippen molar-refractivity contribution in [3.8, 4) is 11.5 Å². The molecule has 0 unspecified atom stereocenters. The van der Waals surface area contributed by atoms with E-state index in [-0.39, 0.29) is 0 Å². The van der Waals surface area contributed by atoms with Crippen LogP contribution in [0.1, 0.15) is 0 Å². The number of hydrogen-bond acceptors (Lipinski definition) is 1. The highest BCUT2D eigenvalue weighted by Gasteiger charge is 2.16. The van der Waals surface area contributed by atoms with Gasteiger partial charge in [-0.3, -0.25) is 0 Å². The summed E-state index contributed by atoms with van der Waals surface area (Å²) in [5.41, 5.74) is 0. The number of ether oxygens (including phenoxy) is 1. The maximum atomic E-state index is 5.97. The van der Waals surface area contributed by atoms with E-state index in [4.69, 9.17) is 4.74 Å². The number of hydrogen-bond donors (Lipinski definition) is 0. The van der Waals surface area contributed by atoms with Crippen LogP contribution in [-0.4, -0.2) is 0 Å². The van der Waals surface area contributed by atoms with Crippen molar-refractivity contribution in [3.63, 3.8) is 0 Å². The zero-order valence-corrected chi connectivity index (χ0v) is 18.5. The van der Waals surface area contributed by atoms with Gasteiger partial charge in [0.05, 0.1) is 13.4 Å². The Morgan fingerprint density at radius 1 is 0.684 bits per heavy atom. The Labute approximate surface area is 161 Å². The second-order valence-corrected chi connectivity index (χ2v) is 8.54. The van der Waals surface area contributed by atoms with Crippen LogP contribution < -0.4 is 4.74 Å². The summed E-state index contributed by atoms with van der Waals surface area (Å²) >= 11 is 20.9. The Kier molecular flexibility index (Phi) is 6.01. The lowest BCUT2D eigenvalue weighted by molar-refractivity contribution is 0.472. The molecule has 2 aromatic carbocycles. The third kappa shape index (κ3) is 3.86. The third-order valence-corrected chi connectivity index (χ3v) is 7.18. The van der Waals surface area contributed by atoms with E-state index in [1.54, 1.807) is 0 Å². The van der Waals surface area contributed by atoms with Crippen LogP contribution in [0.4, 0.5) is 0 Å². The van der Waals surface area contributed by atoms with E-state index in [0.29, 0.717) is 5.75 Å². The van der Waals surface area contributed by atoms with Gasteiger partial charge in [0.25, 0.3) is 0 Å². The van der Waals surface area contributed by atoms with Crippen molar-refractivity contribution in [2.75, 3.05) is 0 Å². The number of benzene rings is 2. The minimum absolute atomic E-state index is 0.698. The first-order valence-corrected chi connectivity index (χ1v) is 9.62. The van der Waals surface area contributed by atoms with Gasteiger partial charge in [-0.2, -0.15) is 0 Å². The Morgan fingerprint density at radius 3 is 1.79 bits per heavy atom. The Morgan fingerprint density at radius 2 is 1.26 bits per heavy atom. The average Bonchev–Trinajstić information content (AvgIpc) is 2.34. The van der Waals surface area contributed by atoms with Gasteiger partial charge in [-0.15, -0.1) is 0 Å². The fraction of sp³-hybridized carbons (Fsp3) is 0. The van der Waals surface area contributed by atoms with Crippen LogP contribution in [0.15, 0.2) is 51.1 Å². The predicted molar refractivity (Wildman–Crippen MR) is 99.2 cm³/mol. The van der Waals surface area contributed by atoms with Crippen molar-refractivity contribution in [2.24, 2.45) is 0 Å². The van der Waals surface area contributed by atoms with Gasteiger partial charge in [-0.25, -0.2) is 0 Å². The molecule has 0 saturated heterocycles. The number of halogens is 6. The predicted octanol–water partition coefficient (Wildman–Crippen LogP) is 8.05. The van der Waals surface area contributed by atoms with Crippen LogP contribution in [0, 0.1) is 0 Å². The normalized spacial score (nSPS) is 10.6. The van der Waals surface area contributed by atoms with Gasteiger partial charge in [0, 0.05) is 13.4 Å². The summed E-state index contributed by atoms with van der Waals surface area (Å²) in [6, 6.07) is 7.69. The molecule has 0 atom stereocenters. The Bertz CT molecular complexity index is 614. The highest BCUT2D eigenvalue weighted by atomic mass is 79.9. The molecule has 7 heteroatoms. The van der Waals surface area contributed by atoms with E-state index >= 15 is 0 Å². The second kappa shape index (κ2) is 6.92. The summed E-state index contributed by atoms with van der Waals surface area (Å²) in [7, 11) is 0. The molecule has 100 valence electrons. The van der Waals surface area contributed by atoms with Crippen LogP contribution in [0.2, 0.25) is 0 Å². The zero-order valence-electron chi connectivity index (χ0n) is 8.99. The second-order valence-electron chi connectivity index (χ2n) is 3.47. The molecule has 1 nitrogen and oxygen atoms in total. The van der Waals surface area contributed by atoms with Crippen molar-refractivity contribution >= 4 is 95.6 Å². The van der Waals surface area contributed by atoms with Gasteiger partial charge in [-0.1, -0.05) is 15.9 Å². The molecule has 0 aliphatic heterocycles. The molecular formula is C12H4Br6O. The summed E-state index contributed by atoms with van der Waals surface area (Å²) in [6.07, 6.45) is 0. The van der Waals surface area contributed by atoms with Gasteiger partial charge in [0.2, 0.25) is 0 Å². The summed E-state index contributed by atoms with van der Waals surface area (Å²) < 4.78 is 11.3. The molecule has 0 aliphatic carbocycles. The van der Waals surface area contributed by atoms with Gasteiger partial charge in [-0.05, 0) is 104 Å². The zero-order chi connectivity index (χ0) is 14.2. The summed E-state index contributed by atoms with van der Waals surface area (Å²) in [5.74, 6) is 1.43. The third-order valence-electron chi connectivity index (χ3n) is 2.18. The van der Waals surface area contributed by atoms with E-state index in [1.807, 2.05) is 24.3 Å². The molecule has 19 heavy (non-hydrogen) atoms. The van der Waals surface area contributed by atoms with Gasteiger partial charge >= 0.3 is 0 Å². The van der Waals surface area contributed by atoms with E-state index in [9.17, 15) is 0 Å². The summed E-state index contributed by atoms with van der Waals surface area (Å²) in [6.45, 7) is 0.